The molecule has 0 fully saturated rings. The van der Waals surface area contributed by atoms with Gasteiger partial charge in [0, 0.05) is 39.1 Å². The van der Waals surface area contributed by atoms with E-state index in [1.54, 1.807) is 0 Å². The third-order valence-electron chi connectivity index (χ3n) is 9.00. The van der Waals surface area contributed by atoms with Gasteiger partial charge in [-0.2, -0.15) is 0 Å². The van der Waals surface area contributed by atoms with Gasteiger partial charge in [0.2, 0.25) is 0 Å². The first kappa shape index (κ1) is 24.8. The minimum atomic E-state index is 0.0912. The summed E-state index contributed by atoms with van der Waals surface area (Å²) in [6, 6.07) is 46.0. The van der Waals surface area contributed by atoms with Crippen LogP contribution in [0.5, 0.6) is 0 Å². The first-order chi connectivity index (χ1) is 21.8. The van der Waals surface area contributed by atoms with E-state index in [0.717, 1.165) is 23.6 Å². The van der Waals surface area contributed by atoms with Crippen molar-refractivity contribution < 1.29 is 0 Å². The molecule has 0 saturated carbocycles. The average molecular weight is 567 g/mol. The molecule has 3 aliphatic heterocycles. The van der Waals surface area contributed by atoms with Crippen LogP contribution in [0.3, 0.4) is 0 Å². The predicted molar refractivity (Wildman–Crippen MR) is 183 cm³/mol. The zero-order chi connectivity index (χ0) is 29.0. The summed E-state index contributed by atoms with van der Waals surface area (Å²) < 4.78 is 2.44. The van der Waals surface area contributed by atoms with Crippen molar-refractivity contribution >= 4 is 39.6 Å². The summed E-state index contributed by atoms with van der Waals surface area (Å²) in [6.45, 7) is 0.726. The van der Waals surface area contributed by atoms with E-state index in [0.29, 0.717) is 0 Å². The molecule has 0 radical (unpaired) electrons. The van der Waals surface area contributed by atoms with Gasteiger partial charge < -0.3 is 20.1 Å². The summed E-state index contributed by atoms with van der Waals surface area (Å²) in [5.74, 6) is 0. The molecule has 2 N–H and O–H groups in total. The lowest BCUT2D eigenvalue weighted by Gasteiger charge is -2.32. The minimum absolute atomic E-state index is 0.0912. The molecule has 0 aliphatic carbocycles. The van der Waals surface area contributed by atoms with Gasteiger partial charge in [0.05, 0.1) is 35.2 Å². The Kier molecular flexibility index (Phi) is 5.60. The molecule has 4 heteroatoms. The lowest BCUT2D eigenvalue weighted by molar-refractivity contribution is 0.896. The quantitative estimate of drug-likeness (QED) is 0.224. The molecular weight excluding hydrogens is 536 g/mol. The van der Waals surface area contributed by atoms with Gasteiger partial charge >= 0.3 is 0 Å². The van der Waals surface area contributed by atoms with Crippen molar-refractivity contribution in [2.45, 2.75) is 6.04 Å². The molecule has 0 saturated heterocycles. The number of aromatic nitrogens is 1. The Balaban J connectivity index is 1.29. The molecule has 4 heterocycles. The lowest BCUT2D eigenvalue weighted by atomic mass is 9.96. The summed E-state index contributed by atoms with van der Waals surface area (Å²) in [4.78, 5) is 2.47. The Morgan fingerprint density at radius 3 is 2.43 bits per heavy atom. The summed E-state index contributed by atoms with van der Waals surface area (Å²) in [5, 5.41) is 8.54. The topological polar surface area (TPSA) is 32.2 Å². The Morgan fingerprint density at radius 2 is 1.48 bits per heavy atom. The fourth-order valence-corrected chi connectivity index (χ4v) is 7.08. The van der Waals surface area contributed by atoms with E-state index in [9.17, 15) is 0 Å². The van der Waals surface area contributed by atoms with Gasteiger partial charge in [-0.1, -0.05) is 97.1 Å². The minimum Gasteiger partial charge on any atom is -0.385 e. The molecule has 4 nitrogen and oxygen atoms in total. The van der Waals surface area contributed by atoms with Gasteiger partial charge in [0.25, 0.3) is 0 Å². The number of nitrogens with one attached hydrogen (secondary N) is 2. The lowest BCUT2D eigenvalue weighted by Crippen LogP contribution is -2.27. The summed E-state index contributed by atoms with van der Waals surface area (Å²) in [6.07, 6.45) is 8.84. The summed E-state index contributed by atoms with van der Waals surface area (Å²) in [5.41, 5.74) is 14.5. The molecule has 9 rings (SSSR count). The molecule has 5 aromatic carbocycles. The maximum atomic E-state index is 3.74. The van der Waals surface area contributed by atoms with Crippen molar-refractivity contribution in [3.63, 3.8) is 0 Å². The second-order valence-electron chi connectivity index (χ2n) is 11.5. The first-order valence-corrected chi connectivity index (χ1v) is 15.2. The Labute approximate surface area is 256 Å². The smallest absolute Gasteiger partial charge is 0.0702 e. The highest BCUT2D eigenvalue weighted by atomic mass is 15.2. The maximum Gasteiger partial charge on any atom is 0.0702 e. The Morgan fingerprint density at radius 1 is 0.682 bits per heavy atom. The number of fused-ring (bicyclic) bond motifs is 7. The normalized spacial score (nSPS) is 16.4. The van der Waals surface area contributed by atoms with E-state index in [1.165, 1.54) is 55.8 Å². The average Bonchev–Trinajstić information content (AvgIpc) is 3.38. The van der Waals surface area contributed by atoms with Crippen LogP contribution in [0.2, 0.25) is 0 Å². The third-order valence-corrected chi connectivity index (χ3v) is 9.00. The van der Waals surface area contributed by atoms with Crippen LogP contribution in [0, 0.1) is 0 Å². The highest BCUT2D eigenvalue weighted by Gasteiger charge is 2.33. The summed E-state index contributed by atoms with van der Waals surface area (Å²) in [7, 11) is 0. The van der Waals surface area contributed by atoms with Crippen molar-refractivity contribution in [3.8, 4) is 16.9 Å². The number of rotatable bonds is 3. The van der Waals surface area contributed by atoms with Crippen molar-refractivity contribution in [2.24, 2.45) is 0 Å². The van der Waals surface area contributed by atoms with E-state index in [2.05, 4.69) is 172 Å². The van der Waals surface area contributed by atoms with Gasteiger partial charge in [-0.05, 0) is 65.9 Å². The number of dihydropyridines is 1. The van der Waals surface area contributed by atoms with Gasteiger partial charge in [0.15, 0.2) is 0 Å². The predicted octanol–water partition coefficient (Wildman–Crippen LogP) is 9.46. The van der Waals surface area contributed by atoms with Crippen LogP contribution in [-0.2, 0) is 0 Å². The van der Waals surface area contributed by atoms with Gasteiger partial charge in [-0.25, -0.2) is 0 Å². The van der Waals surface area contributed by atoms with Crippen molar-refractivity contribution in [1.29, 1.82) is 0 Å². The van der Waals surface area contributed by atoms with Crippen LogP contribution in [0.15, 0.2) is 151 Å². The molecule has 3 aliphatic rings. The Bertz CT molecular complexity index is 2170. The van der Waals surface area contributed by atoms with Crippen molar-refractivity contribution in [3.05, 3.63) is 168 Å². The molecule has 1 aromatic heterocycles. The number of benzene rings is 5. The molecule has 0 bridgehead atoms. The number of allylic oxidation sites excluding steroid dienone is 2. The SMILES string of the molecule is C1=CC2=C(CN1)N(c1cccc(C3C=Cc4ccccc4N3)c1)c1ccccc1-c1c2c2ccccc2n1-c1ccccc1. The molecule has 44 heavy (non-hydrogen) atoms. The van der Waals surface area contributed by atoms with E-state index >= 15 is 0 Å². The largest absolute Gasteiger partial charge is 0.385 e. The van der Waals surface area contributed by atoms with Crippen LogP contribution in [-0.4, -0.2) is 11.1 Å². The fourth-order valence-electron chi connectivity index (χ4n) is 7.08. The number of para-hydroxylation sites is 4. The van der Waals surface area contributed by atoms with Crippen LogP contribution in [0.25, 0.3) is 39.5 Å². The Hall–Kier alpha value is -5.74. The van der Waals surface area contributed by atoms with Gasteiger partial charge in [0.1, 0.15) is 0 Å². The van der Waals surface area contributed by atoms with Crippen molar-refractivity contribution in [2.75, 3.05) is 16.8 Å². The van der Waals surface area contributed by atoms with Crippen LogP contribution in [0.1, 0.15) is 22.7 Å². The van der Waals surface area contributed by atoms with Crippen LogP contribution in [0.4, 0.5) is 17.1 Å². The molecule has 0 spiro atoms. The van der Waals surface area contributed by atoms with Gasteiger partial charge in [-0.15, -0.1) is 0 Å². The van der Waals surface area contributed by atoms with E-state index in [4.69, 9.17) is 0 Å². The zero-order valence-electron chi connectivity index (χ0n) is 24.1. The number of hydrogen-bond acceptors (Lipinski definition) is 3. The van der Waals surface area contributed by atoms with Crippen molar-refractivity contribution in [1.82, 2.24) is 9.88 Å². The number of nitrogens with zero attached hydrogens (tertiary/aromatic N) is 2. The highest BCUT2D eigenvalue weighted by Crippen LogP contribution is 2.50. The van der Waals surface area contributed by atoms with Crippen LogP contribution >= 0.6 is 0 Å². The van der Waals surface area contributed by atoms with E-state index in [1.807, 2.05) is 0 Å². The standard InChI is InChI=1S/C40H30N4/c1-2-13-29(14-3-1)44-36-19-8-5-16-31(36)39-32-23-24-41-26-38(32)43(37-20-9-6-17-33(37)40(39)44)30-15-10-12-28(25-30)35-22-21-27-11-4-7-18-34(27)42-35/h1-25,35,41-42H,26H2. The molecule has 1 atom stereocenters. The monoisotopic (exact) mass is 566 g/mol. The first-order valence-electron chi connectivity index (χ1n) is 15.2. The molecule has 0 amide bonds. The molecular formula is C40H30N4. The molecule has 1 unspecified atom stereocenters. The highest BCUT2D eigenvalue weighted by molar-refractivity contribution is 6.09. The number of anilines is 3. The molecule has 6 aromatic rings. The second kappa shape index (κ2) is 9.92. The maximum absolute atomic E-state index is 3.74. The van der Waals surface area contributed by atoms with E-state index < -0.39 is 0 Å². The van der Waals surface area contributed by atoms with Crippen LogP contribution < -0.4 is 15.5 Å². The zero-order valence-corrected chi connectivity index (χ0v) is 24.1. The van der Waals surface area contributed by atoms with E-state index in [-0.39, 0.29) is 6.04 Å². The number of hydrogen-bond donors (Lipinski definition) is 2. The molecule has 210 valence electrons. The fraction of sp³-hybridized carbons (Fsp3) is 0.0500. The third kappa shape index (κ3) is 3.78. The summed E-state index contributed by atoms with van der Waals surface area (Å²) >= 11 is 0. The second-order valence-corrected chi connectivity index (χ2v) is 11.5. The van der Waals surface area contributed by atoms with Gasteiger partial charge in [-0.3, -0.25) is 0 Å².